The molecule has 0 saturated carbocycles. The van der Waals surface area contributed by atoms with Gasteiger partial charge in [0.05, 0.1) is 6.54 Å². The Labute approximate surface area is 166 Å². The molecule has 1 fully saturated rings. The standard InChI is InChI=1S/C22H39N5/c1-6-23-21(25-18-22(4,5)20-11-9-8-10-12-20)24-17-19(3)27-15-13-26(7-2)14-16-27/h8-12,19H,6-7,13-18H2,1-5H3,(H2,23,24,25). The number of nitrogens with one attached hydrogen (secondary N) is 2. The first kappa shape index (κ1) is 21.7. The molecule has 2 rings (SSSR count). The maximum Gasteiger partial charge on any atom is 0.191 e. The molecule has 1 aromatic rings. The second-order valence-corrected chi connectivity index (χ2v) is 8.15. The molecule has 1 heterocycles. The van der Waals surface area contributed by atoms with Gasteiger partial charge in [-0.05, 0) is 26.0 Å². The van der Waals surface area contributed by atoms with Gasteiger partial charge in [0.25, 0.3) is 0 Å². The molecule has 1 aliphatic heterocycles. The molecule has 1 aliphatic rings. The number of piperazine rings is 1. The van der Waals surface area contributed by atoms with Gasteiger partial charge >= 0.3 is 0 Å². The Balaban J connectivity index is 1.88. The molecule has 5 heteroatoms. The van der Waals surface area contributed by atoms with Crippen LogP contribution in [0.25, 0.3) is 0 Å². The van der Waals surface area contributed by atoms with Crippen LogP contribution in [-0.2, 0) is 5.41 Å². The lowest BCUT2D eigenvalue weighted by molar-refractivity contribution is 0.107. The third-order valence-corrected chi connectivity index (χ3v) is 5.57. The van der Waals surface area contributed by atoms with E-state index < -0.39 is 0 Å². The fourth-order valence-corrected chi connectivity index (χ4v) is 3.49. The highest BCUT2D eigenvalue weighted by atomic mass is 15.3. The lowest BCUT2D eigenvalue weighted by atomic mass is 9.85. The maximum atomic E-state index is 4.87. The Morgan fingerprint density at radius 2 is 1.74 bits per heavy atom. The Morgan fingerprint density at radius 3 is 2.33 bits per heavy atom. The summed E-state index contributed by atoms with van der Waals surface area (Å²) in [6, 6.07) is 11.2. The molecule has 27 heavy (non-hydrogen) atoms. The van der Waals surface area contributed by atoms with Crippen LogP contribution in [0.4, 0.5) is 0 Å². The zero-order valence-corrected chi connectivity index (χ0v) is 18.0. The van der Waals surface area contributed by atoms with E-state index in [0.717, 1.165) is 45.2 Å². The van der Waals surface area contributed by atoms with E-state index in [1.165, 1.54) is 18.7 Å². The highest BCUT2D eigenvalue weighted by Crippen LogP contribution is 2.22. The highest BCUT2D eigenvalue weighted by molar-refractivity contribution is 5.79. The van der Waals surface area contributed by atoms with Crippen molar-refractivity contribution in [1.29, 1.82) is 0 Å². The van der Waals surface area contributed by atoms with E-state index >= 15 is 0 Å². The van der Waals surface area contributed by atoms with Crippen LogP contribution >= 0.6 is 0 Å². The second kappa shape index (κ2) is 10.7. The van der Waals surface area contributed by atoms with Gasteiger partial charge in [0, 0.05) is 50.7 Å². The first-order valence-electron chi connectivity index (χ1n) is 10.5. The van der Waals surface area contributed by atoms with E-state index in [9.17, 15) is 0 Å². The molecule has 0 bridgehead atoms. The molecule has 1 aromatic carbocycles. The van der Waals surface area contributed by atoms with Crippen molar-refractivity contribution >= 4 is 5.96 Å². The Hall–Kier alpha value is -1.59. The first-order valence-corrected chi connectivity index (χ1v) is 10.5. The number of nitrogens with zero attached hydrogens (tertiary/aromatic N) is 3. The number of hydrogen-bond acceptors (Lipinski definition) is 3. The number of benzene rings is 1. The summed E-state index contributed by atoms with van der Waals surface area (Å²) in [7, 11) is 0. The summed E-state index contributed by atoms with van der Waals surface area (Å²) in [5.41, 5.74) is 1.35. The van der Waals surface area contributed by atoms with E-state index in [0.29, 0.717) is 6.04 Å². The minimum absolute atomic E-state index is 0.0196. The molecule has 1 unspecified atom stereocenters. The number of rotatable bonds is 8. The van der Waals surface area contributed by atoms with Crippen LogP contribution in [0.3, 0.4) is 0 Å². The molecule has 2 N–H and O–H groups in total. The quantitative estimate of drug-likeness (QED) is 0.543. The Kier molecular flexibility index (Phi) is 8.58. The van der Waals surface area contributed by atoms with Gasteiger partial charge in [0.2, 0.25) is 0 Å². The van der Waals surface area contributed by atoms with Gasteiger partial charge < -0.3 is 15.5 Å². The van der Waals surface area contributed by atoms with Gasteiger partial charge in [-0.2, -0.15) is 0 Å². The van der Waals surface area contributed by atoms with Crippen LogP contribution in [0.2, 0.25) is 0 Å². The summed E-state index contributed by atoms with van der Waals surface area (Å²) < 4.78 is 0. The van der Waals surface area contributed by atoms with Crippen LogP contribution in [0, 0.1) is 0 Å². The molecule has 0 spiro atoms. The van der Waals surface area contributed by atoms with Gasteiger partial charge in [0.1, 0.15) is 0 Å². The second-order valence-electron chi connectivity index (χ2n) is 8.15. The summed E-state index contributed by atoms with van der Waals surface area (Å²) in [6.45, 7) is 19.6. The summed E-state index contributed by atoms with van der Waals surface area (Å²) >= 11 is 0. The molecule has 0 aliphatic carbocycles. The average molecular weight is 374 g/mol. The van der Waals surface area contributed by atoms with Crippen molar-refractivity contribution in [2.75, 3.05) is 52.4 Å². The van der Waals surface area contributed by atoms with E-state index in [2.05, 4.69) is 85.4 Å². The maximum absolute atomic E-state index is 4.87. The van der Waals surface area contributed by atoms with Crippen molar-refractivity contribution in [2.45, 2.75) is 46.1 Å². The van der Waals surface area contributed by atoms with E-state index in [4.69, 9.17) is 4.99 Å². The zero-order chi connectivity index (χ0) is 19.7. The fraction of sp³-hybridized carbons (Fsp3) is 0.682. The predicted octanol–water partition coefficient (Wildman–Crippen LogP) is 2.55. The Bertz CT molecular complexity index is 561. The van der Waals surface area contributed by atoms with Crippen LogP contribution in [0.15, 0.2) is 35.3 Å². The minimum atomic E-state index is 0.0196. The van der Waals surface area contributed by atoms with Crippen molar-refractivity contribution in [3.63, 3.8) is 0 Å². The van der Waals surface area contributed by atoms with E-state index in [1.807, 2.05) is 0 Å². The van der Waals surface area contributed by atoms with E-state index in [1.54, 1.807) is 0 Å². The largest absolute Gasteiger partial charge is 0.357 e. The summed E-state index contributed by atoms with van der Waals surface area (Å²) in [5, 5.41) is 6.94. The fourth-order valence-electron chi connectivity index (χ4n) is 3.49. The monoisotopic (exact) mass is 373 g/mol. The van der Waals surface area contributed by atoms with E-state index in [-0.39, 0.29) is 5.41 Å². The summed E-state index contributed by atoms with van der Waals surface area (Å²) in [6.07, 6.45) is 0. The predicted molar refractivity (Wildman–Crippen MR) is 117 cm³/mol. The molecule has 1 saturated heterocycles. The number of likely N-dealkylation sites (N-methyl/N-ethyl adjacent to an activating group) is 1. The molecule has 5 nitrogen and oxygen atoms in total. The lowest BCUT2D eigenvalue weighted by Gasteiger charge is -2.37. The summed E-state index contributed by atoms with van der Waals surface area (Å²) in [5.74, 6) is 0.917. The topological polar surface area (TPSA) is 42.9 Å². The van der Waals surface area contributed by atoms with Gasteiger partial charge in [-0.1, -0.05) is 51.1 Å². The first-order chi connectivity index (χ1) is 13.0. The third kappa shape index (κ3) is 6.82. The highest BCUT2D eigenvalue weighted by Gasteiger charge is 2.21. The zero-order valence-electron chi connectivity index (χ0n) is 18.0. The molecule has 0 radical (unpaired) electrons. The van der Waals surface area contributed by atoms with Gasteiger partial charge in [-0.3, -0.25) is 9.89 Å². The van der Waals surface area contributed by atoms with Crippen molar-refractivity contribution in [3.05, 3.63) is 35.9 Å². The summed E-state index contributed by atoms with van der Waals surface area (Å²) in [4.78, 5) is 9.97. The molecular formula is C22H39N5. The minimum Gasteiger partial charge on any atom is -0.357 e. The van der Waals surface area contributed by atoms with Crippen molar-refractivity contribution < 1.29 is 0 Å². The molecular weight excluding hydrogens is 334 g/mol. The number of aliphatic imine (C=N–C) groups is 1. The van der Waals surface area contributed by atoms with Crippen LogP contribution in [-0.4, -0.2) is 74.2 Å². The van der Waals surface area contributed by atoms with Crippen molar-refractivity contribution in [2.24, 2.45) is 4.99 Å². The lowest BCUT2D eigenvalue weighted by Crippen LogP contribution is -2.53. The van der Waals surface area contributed by atoms with Gasteiger partial charge in [-0.25, -0.2) is 0 Å². The normalized spacial score (nSPS) is 18.3. The molecule has 0 amide bonds. The van der Waals surface area contributed by atoms with Gasteiger partial charge in [0.15, 0.2) is 5.96 Å². The van der Waals surface area contributed by atoms with Crippen molar-refractivity contribution in [3.8, 4) is 0 Å². The van der Waals surface area contributed by atoms with Crippen LogP contribution < -0.4 is 10.6 Å². The average Bonchev–Trinajstić information content (AvgIpc) is 2.70. The Morgan fingerprint density at radius 1 is 1.07 bits per heavy atom. The third-order valence-electron chi connectivity index (χ3n) is 5.57. The smallest absolute Gasteiger partial charge is 0.191 e. The van der Waals surface area contributed by atoms with Crippen molar-refractivity contribution in [1.82, 2.24) is 20.4 Å². The number of hydrogen-bond donors (Lipinski definition) is 2. The molecule has 0 aromatic heterocycles. The van der Waals surface area contributed by atoms with Gasteiger partial charge in [-0.15, -0.1) is 0 Å². The molecule has 1 atom stereocenters. The molecule has 152 valence electrons. The number of guanidine groups is 1. The van der Waals surface area contributed by atoms with Crippen LogP contribution in [0.5, 0.6) is 0 Å². The SMILES string of the molecule is CCNC(=NCC(C)(C)c1ccccc1)NCC(C)N1CCN(CC)CC1. The van der Waals surface area contributed by atoms with Crippen LogP contribution in [0.1, 0.15) is 40.2 Å².